The Morgan fingerprint density at radius 2 is 1.44 bits per heavy atom. The molecular formula is C25H34N4O2S. The monoisotopic (exact) mass is 454 g/mol. The first-order chi connectivity index (χ1) is 15.3. The summed E-state index contributed by atoms with van der Waals surface area (Å²) in [6, 6.07) is 18.1. The second kappa shape index (κ2) is 11.5. The Balaban J connectivity index is 1.50. The molecule has 2 N–H and O–H groups in total. The van der Waals surface area contributed by atoms with Gasteiger partial charge in [-0.3, -0.25) is 19.4 Å². The van der Waals surface area contributed by atoms with E-state index in [1.165, 1.54) is 0 Å². The maximum atomic E-state index is 12.8. The summed E-state index contributed by atoms with van der Waals surface area (Å²) in [5.41, 5.74) is 0.615. The average molecular weight is 455 g/mol. The van der Waals surface area contributed by atoms with Crippen LogP contribution in [0.3, 0.4) is 0 Å². The third-order valence-corrected chi connectivity index (χ3v) is 6.15. The molecule has 0 bridgehead atoms. The van der Waals surface area contributed by atoms with Gasteiger partial charge in [-0.05, 0) is 64.5 Å². The van der Waals surface area contributed by atoms with Crippen molar-refractivity contribution >= 4 is 29.3 Å². The van der Waals surface area contributed by atoms with Crippen LogP contribution in [0.2, 0.25) is 0 Å². The van der Waals surface area contributed by atoms with E-state index in [9.17, 15) is 9.59 Å². The van der Waals surface area contributed by atoms with Crippen LogP contribution in [-0.2, 0) is 9.59 Å². The van der Waals surface area contributed by atoms with Crippen molar-refractivity contribution in [1.29, 1.82) is 0 Å². The van der Waals surface area contributed by atoms with E-state index in [2.05, 4.69) is 32.6 Å². The molecule has 0 spiro atoms. The van der Waals surface area contributed by atoms with E-state index in [1.54, 1.807) is 11.8 Å². The molecule has 6 nitrogen and oxygen atoms in total. The van der Waals surface area contributed by atoms with Gasteiger partial charge in [0.1, 0.15) is 0 Å². The molecule has 0 aliphatic carbocycles. The summed E-state index contributed by atoms with van der Waals surface area (Å²) in [6.07, 6.45) is 0.941. The molecule has 32 heavy (non-hydrogen) atoms. The number of benzene rings is 2. The maximum Gasteiger partial charge on any atom is 0.238 e. The molecule has 0 unspecified atom stereocenters. The molecule has 1 aliphatic rings. The van der Waals surface area contributed by atoms with Crippen LogP contribution in [0.1, 0.15) is 27.2 Å². The second-order valence-electron chi connectivity index (χ2n) is 9.16. The molecule has 2 aromatic rings. The fourth-order valence-corrected chi connectivity index (χ4v) is 4.59. The third kappa shape index (κ3) is 8.30. The van der Waals surface area contributed by atoms with E-state index in [4.69, 9.17) is 0 Å². The predicted molar refractivity (Wildman–Crippen MR) is 131 cm³/mol. The Kier molecular flexibility index (Phi) is 8.73. The van der Waals surface area contributed by atoms with Gasteiger partial charge in [-0.1, -0.05) is 42.1 Å². The molecule has 3 rings (SSSR count). The molecule has 0 atom stereocenters. The van der Waals surface area contributed by atoms with Crippen LogP contribution < -0.4 is 10.6 Å². The zero-order chi connectivity index (χ0) is 23.0. The van der Waals surface area contributed by atoms with Gasteiger partial charge >= 0.3 is 0 Å². The van der Waals surface area contributed by atoms with Crippen molar-refractivity contribution in [2.24, 2.45) is 0 Å². The quantitative estimate of drug-likeness (QED) is 0.668. The Morgan fingerprint density at radius 1 is 0.844 bits per heavy atom. The number of amides is 2. The molecule has 172 valence electrons. The first-order valence-corrected chi connectivity index (χ1v) is 12.0. The molecule has 2 aromatic carbocycles. The van der Waals surface area contributed by atoms with Gasteiger partial charge in [0.2, 0.25) is 11.8 Å². The minimum absolute atomic E-state index is 0.00922. The Labute approximate surface area is 195 Å². The first kappa shape index (κ1) is 24.3. The molecular weight excluding hydrogens is 420 g/mol. The number of nitrogens with one attached hydrogen (secondary N) is 2. The molecule has 1 heterocycles. The summed E-state index contributed by atoms with van der Waals surface area (Å²) in [5, 5.41) is 6.11. The first-order valence-electron chi connectivity index (χ1n) is 11.2. The highest BCUT2D eigenvalue weighted by Gasteiger charge is 2.21. The van der Waals surface area contributed by atoms with E-state index in [-0.39, 0.29) is 17.4 Å². The predicted octanol–water partition coefficient (Wildman–Crippen LogP) is 3.70. The van der Waals surface area contributed by atoms with Crippen LogP contribution in [0.4, 0.5) is 5.69 Å². The molecule has 0 aromatic heterocycles. The summed E-state index contributed by atoms with van der Waals surface area (Å²) in [7, 11) is 0. The number of nitrogens with zero attached hydrogens (tertiary/aromatic N) is 2. The lowest BCUT2D eigenvalue weighted by atomic mass is 10.1. The average Bonchev–Trinajstić information content (AvgIpc) is 2.94. The molecule has 7 heteroatoms. The highest BCUT2D eigenvalue weighted by molar-refractivity contribution is 7.99. The van der Waals surface area contributed by atoms with Crippen LogP contribution in [0.5, 0.6) is 0 Å². The number of hydrogen-bond acceptors (Lipinski definition) is 5. The number of carbonyl (C=O) groups is 2. The lowest BCUT2D eigenvalue weighted by Crippen LogP contribution is -2.46. The van der Waals surface area contributed by atoms with Gasteiger partial charge in [0.15, 0.2) is 0 Å². The number of rotatable bonds is 7. The number of anilines is 1. The Morgan fingerprint density at radius 3 is 2.09 bits per heavy atom. The minimum atomic E-state index is -0.220. The van der Waals surface area contributed by atoms with Gasteiger partial charge in [-0.25, -0.2) is 0 Å². The van der Waals surface area contributed by atoms with Crippen molar-refractivity contribution in [2.75, 3.05) is 44.6 Å². The normalized spacial score (nSPS) is 15.7. The molecule has 0 radical (unpaired) electrons. The van der Waals surface area contributed by atoms with Crippen molar-refractivity contribution in [3.8, 4) is 0 Å². The Hall–Kier alpha value is -2.35. The van der Waals surface area contributed by atoms with Crippen LogP contribution in [0.15, 0.2) is 64.4 Å². The van der Waals surface area contributed by atoms with E-state index in [1.807, 2.05) is 63.2 Å². The zero-order valence-electron chi connectivity index (χ0n) is 19.3. The maximum absolute atomic E-state index is 12.8. The van der Waals surface area contributed by atoms with Gasteiger partial charge in [0, 0.05) is 28.4 Å². The zero-order valence-corrected chi connectivity index (χ0v) is 20.1. The van der Waals surface area contributed by atoms with Crippen molar-refractivity contribution in [2.45, 2.75) is 42.5 Å². The fraction of sp³-hybridized carbons (Fsp3) is 0.440. The molecule has 0 saturated carbocycles. The van der Waals surface area contributed by atoms with Crippen LogP contribution >= 0.6 is 11.8 Å². The van der Waals surface area contributed by atoms with Gasteiger partial charge in [0.25, 0.3) is 0 Å². The van der Waals surface area contributed by atoms with E-state index in [0.29, 0.717) is 13.1 Å². The van der Waals surface area contributed by atoms with Crippen molar-refractivity contribution in [3.05, 3.63) is 54.6 Å². The molecule has 1 fully saturated rings. The van der Waals surface area contributed by atoms with Crippen molar-refractivity contribution in [1.82, 2.24) is 15.1 Å². The van der Waals surface area contributed by atoms with Crippen LogP contribution in [0, 0.1) is 0 Å². The lowest BCUT2D eigenvalue weighted by Gasteiger charge is -2.25. The van der Waals surface area contributed by atoms with Crippen LogP contribution in [-0.4, -0.2) is 66.4 Å². The van der Waals surface area contributed by atoms with Gasteiger partial charge < -0.3 is 10.6 Å². The number of para-hydroxylation sites is 1. The smallest absolute Gasteiger partial charge is 0.238 e. The van der Waals surface area contributed by atoms with Crippen molar-refractivity contribution < 1.29 is 9.59 Å². The van der Waals surface area contributed by atoms with Gasteiger partial charge in [-0.15, -0.1) is 0 Å². The minimum Gasteiger partial charge on any atom is -0.350 e. The summed E-state index contributed by atoms with van der Waals surface area (Å²) < 4.78 is 0. The van der Waals surface area contributed by atoms with E-state index >= 15 is 0 Å². The molecule has 1 saturated heterocycles. The van der Waals surface area contributed by atoms with Crippen LogP contribution in [0.25, 0.3) is 0 Å². The number of carbonyl (C=O) groups excluding carboxylic acids is 2. The topological polar surface area (TPSA) is 64.7 Å². The highest BCUT2D eigenvalue weighted by atomic mass is 32.2. The molecule has 2 amide bonds. The third-order valence-electron chi connectivity index (χ3n) is 5.06. The van der Waals surface area contributed by atoms with E-state index < -0.39 is 0 Å². The van der Waals surface area contributed by atoms with Gasteiger partial charge in [-0.2, -0.15) is 0 Å². The fourth-order valence-electron chi connectivity index (χ4n) is 3.67. The highest BCUT2D eigenvalue weighted by Crippen LogP contribution is 2.33. The second-order valence-corrected chi connectivity index (χ2v) is 10.3. The summed E-state index contributed by atoms with van der Waals surface area (Å²) in [5.74, 6) is 0.0428. The number of hydrogen-bond donors (Lipinski definition) is 2. The van der Waals surface area contributed by atoms with Crippen molar-refractivity contribution in [3.63, 3.8) is 0 Å². The molecule has 1 aliphatic heterocycles. The largest absolute Gasteiger partial charge is 0.350 e. The SMILES string of the molecule is CC(C)(C)NC(=O)CN1CCCN(CC(=O)Nc2ccccc2Sc2ccccc2)CC1. The van der Waals surface area contributed by atoms with Gasteiger partial charge in [0.05, 0.1) is 18.8 Å². The standard InChI is InChI=1S/C25H34N4O2S/c1-25(2,3)27-24(31)19-29-15-9-14-28(16-17-29)18-23(30)26-21-12-7-8-13-22(21)32-20-10-5-4-6-11-20/h4-8,10-13H,9,14-19H2,1-3H3,(H,26,30)(H,27,31). The summed E-state index contributed by atoms with van der Waals surface area (Å²) >= 11 is 1.64. The summed E-state index contributed by atoms with van der Waals surface area (Å²) in [4.78, 5) is 31.5. The van der Waals surface area contributed by atoms with E-state index in [0.717, 1.165) is 48.1 Å². The lowest BCUT2D eigenvalue weighted by molar-refractivity contribution is -0.123. The summed E-state index contributed by atoms with van der Waals surface area (Å²) in [6.45, 7) is 10.0. The Bertz CT molecular complexity index is 898.